The number of fused-ring (bicyclic) bond motifs is 1. The number of anilines is 1. The zero-order valence-corrected chi connectivity index (χ0v) is 26.4. The van der Waals surface area contributed by atoms with Crippen LogP contribution in [0.25, 0.3) is 16.6 Å². The molecule has 3 aromatic carbocycles. The fourth-order valence-corrected chi connectivity index (χ4v) is 5.05. The van der Waals surface area contributed by atoms with Gasteiger partial charge in [-0.3, -0.25) is 24.0 Å². The molecule has 0 aliphatic heterocycles. The van der Waals surface area contributed by atoms with E-state index in [9.17, 15) is 14.4 Å². The number of halogens is 1. The van der Waals surface area contributed by atoms with Crippen LogP contribution in [-0.2, 0) is 16.1 Å². The highest BCUT2D eigenvalue weighted by molar-refractivity contribution is 6.05. The number of rotatable bonds is 11. The number of carbonyl (C=O) groups excluding carboxylic acids is 2. The van der Waals surface area contributed by atoms with Crippen LogP contribution in [0.4, 0.5) is 10.1 Å². The van der Waals surface area contributed by atoms with Gasteiger partial charge in [0.1, 0.15) is 23.5 Å². The highest BCUT2D eigenvalue weighted by Gasteiger charge is 2.26. The van der Waals surface area contributed by atoms with Crippen LogP contribution in [0.5, 0.6) is 23.0 Å². The topological polar surface area (TPSA) is 149 Å². The maximum atomic E-state index is 15.3. The number of pyridine rings is 1. The lowest BCUT2D eigenvalue weighted by molar-refractivity contribution is -0.150. The summed E-state index contributed by atoms with van der Waals surface area (Å²) >= 11 is 0. The predicted octanol–water partition coefficient (Wildman–Crippen LogP) is 4.98. The van der Waals surface area contributed by atoms with Gasteiger partial charge in [0.2, 0.25) is 0 Å². The molecule has 0 bridgehead atoms. The van der Waals surface area contributed by atoms with Crippen LogP contribution >= 0.6 is 0 Å². The van der Waals surface area contributed by atoms with Crippen molar-refractivity contribution in [3.05, 3.63) is 100 Å². The zero-order valence-electron chi connectivity index (χ0n) is 26.4. The number of ether oxygens (including phenoxy) is 4. The molecule has 47 heavy (non-hydrogen) atoms. The van der Waals surface area contributed by atoms with E-state index < -0.39 is 35.4 Å². The molecule has 5 rings (SSSR count). The van der Waals surface area contributed by atoms with Crippen LogP contribution in [-0.4, -0.2) is 52.6 Å². The number of para-hydroxylation sites is 1. The Balaban J connectivity index is 1.42. The summed E-state index contributed by atoms with van der Waals surface area (Å²) < 4.78 is 40.3. The van der Waals surface area contributed by atoms with Crippen molar-refractivity contribution in [3.8, 4) is 28.7 Å². The van der Waals surface area contributed by atoms with Gasteiger partial charge in [0.05, 0.1) is 37.7 Å². The quantitative estimate of drug-likeness (QED) is 0.190. The maximum absolute atomic E-state index is 15.3. The Kier molecular flexibility index (Phi) is 9.56. The second kappa shape index (κ2) is 13.7. The number of nitrogens with zero attached hydrogens (tertiary/aromatic N) is 3. The Bertz CT molecular complexity index is 2010. The number of amides is 1. The molecule has 12 nitrogen and oxygen atoms in total. The predicted molar refractivity (Wildman–Crippen MR) is 173 cm³/mol. The molecule has 2 atom stereocenters. The first-order valence-corrected chi connectivity index (χ1v) is 14.7. The fourth-order valence-electron chi connectivity index (χ4n) is 5.05. The summed E-state index contributed by atoms with van der Waals surface area (Å²) in [6, 6.07) is 16.8. The lowest BCUT2D eigenvalue weighted by Gasteiger charge is -2.19. The van der Waals surface area contributed by atoms with Crippen molar-refractivity contribution >= 4 is 28.5 Å². The van der Waals surface area contributed by atoms with Crippen LogP contribution < -0.4 is 30.8 Å². The van der Waals surface area contributed by atoms with Gasteiger partial charge in [-0.1, -0.05) is 18.2 Å². The lowest BCUT2D eigenvalue weighted by Crippen LogP contribution is -2.34. The molecular weight excluding hydrogens is 609 g/mol. The number of nitrogens with two attached hydrogens (primary N) is 1. The summed E-state index contributed by atoms with van der Waals surface area (Å²) in [5.74, 6) is -0.941. The molecule has 0 saturated heterocycles. The first-order chi connectivity index (χ1) is 22.5. The van der Waals surface area contributed by atoms with Crippen molar-refractivity contribution in [2.45, 2.75) is 39.5 Å². The first-order valence-electron chi connectivity index (χ1n) is 14.7. The van der Waals surface area contributed by atoms with E-state index in [0.29, 0.717) is 39.5 Å². The van der Waals surface area contributed by atoms with Gasteiger partial charge in [0, 0.05) is 29.4 Å². The molecule has 1 amide bonds. The van der Waals surface area contributed by atoms with E-state index in [-0.39, 0.29) is 23.5 Å². The van der Waals surface area contributed by atoms with Crippen molar-refractivity contribution < 1.29 is 32.9 Å². The third kappa shape index (κ3) is 6.79. The number of carbonyl (C=O) groups is 2. The van der Waals surface area contributed by atoms with E-state index in [1.54, 1.807) is 67.1 Å². The van der Waals surface area contributed by atoms with Crippen molar-refractivity contribution in [3.63, 3.8) is 0 Å². The Hall–Kier alpha value is -5.69. The standard InChI is InChI=1S/C34H34FN5O7/c1-19(46-34(43)20(2)36)18-39-21(3)31(33(42)40(39)23-9-7-6-8-10-23)32(41)38-22-11-12-28(25(35)15-22)47-27-13-14-37-26-17-30(45-5)29(44-4)16-24(26)27/h6-17,19-20H,18,36H2,1-5H3,(H,38,41)/t19-,20+/m1/s1. The molecule has 5 aromatic rings. The summed E-state index contributed by atoms with van der Waals surface area (Å²) in [4.78, 5) is 43.7. The number of hydrogen-bond donors (Lipinski definition) is 2. The normalized spacial score (nSPS) is 12.3. The van der Waals surface area contributed by atoms with Crippen molar-refractivity contribution in [2.75, 3.05) is 19.5 Å². The van der Waals surface area contributed by atoms with Crippen molar-refractivity contribution in [1.29, 1.82) is 0 Å². The van der Waals surface area contributed by atoms with E-state index in [2.05, 4.69) is 10.3 Å². The molecule has 0 saturated carbocycles. The van der Waals surface area contributed by atoms with Crippen LogP contribution in [0.3, 0.4) is 0 Å². The van der Waals surface area contributed by atoms with E-state index in [4.69, 9.17) is 24.7 Å². The van der Waals surface area contributed by atoms with Gasteiger partial charge in [-0.25, -0.2) is 9.07 Å². The third-order valence-electron chi connectivity index (χ3n) is 7.36. The number of benzene rings is 3. The minimum Gasteiger partial charge on any atom is -0.493 e. The molecule has 2 heterocycles. The minimum atomic E-state index is -0.824. The van der Waals surface area contributed by atoms with Crippen LogP contribution in [0.2, 0.25) is 0 Å². The average molecular weight is 644 g/mol. The van der Waals surface area contributed by atoms with E-state index in [1.807, 2.05) is 0 Å². The molecule has 2 aromatic heterocycles. The molecule has 13 heteroatoms. The molecule has 0 unspecified atom stereocenters. The monoisotopic (exact) mass is 643 g/mol. The van der Waals surface area contributed by atoms with Crippen molar-refractivity contribution in [1.82, 2.24) is 14.3 Å². The highest BCUT2D eigenvalue weighted by Crippen LogP contribution is 2.37. The molecular formula is C34H34FN5O7. The first kappa shape index (κ1) is 32.7. The van der Waals surface area contributed by atoms with Crippen LogP contribution in [0, 0.1) is 12.7 Å². The number of esters is 1. The van der Waals surface area contributed by atoms with Gasteiger partial charge in [0.25, 0.3) is 11.5 Å². The maximum Gasteiger partial charge on any atom is 0.322 e. The van der Waals surface area contributed by atoms with E-state index in [0.717, 1.165) is 6.07 Å². The Morgan fingerprint density at radius 1 is 0.957 bits per heavy atom. The van der Waals surface area contributed by atoms with Gasteiger partial charge in [-0.2, -0.15) is 0 Å². The lowest BCUT2D eigenvalue weighted by atomic mass is 10.1. The Labute approximate surface area is 269 Å². The van der Waals surface area contributed by atoms with E-state index >= 15 is 4.39 Å². The molecule has 3 N–H and O–H groups in total. The summed E-state index contributed by atoms with van der Waals surface area (Å²) in [6.45, 7) is 4.84. The summed E-state index contributed by atoms with van der Waals surface area (Å²) in [5, 5.41) is 3.19. The van der Waals surface area contributed by atoms with E-state index in [1.165, 1.54) is 44.2 Å². The Morgan fingerprint density at radius 2 is 1.66 bits per heavy atom. The van der Waals surface area contributed by atoms with Crippen LogP contribution in [0.15, 0.2) is 77.7 Å². The number of nitrogens with one attached hydrogen (secondary N) is 1. The van der Waals surface area contributed by atoms with Crippen LogP contribution in [0.1, 0.15) is 29.9 Å². The molecule has 0 fully saturated rings. The molecule has 0 aliphatic carbocycles. The number of methoxy groups -OCH3 is 2. The SMILES string of the molecule is COc1cc2nccc(Oc3ccc(NC(=O)c4c(C)n(C[C@@H](C)OC(=O)[C@H](C)N)n(-c5ccccc5)c4=O)cc3F)c2cc1OC. The number of aromatic nitrogens is 3. The van der Waals surface area contributed by atoms with Gasteiger partial charge >= 0.3 is 5.97 Å². The molecule has 244 valence electrons. The molecule has 0 spiro atoms. The van der Waals surface area contributed by atoms with Gasteiger partial charge in [-0.05, 0) is 57.2 Å². The van der Waals surface area contributed by atoms with Gasteiger partial charge in [-0.15, -0.1) is 0 Å². The zero-order chi connectivity index (χ0) is 33.8. The fraction of sp³-hybridized carbons (Fsp3) is 0.235. The molecule has 0 radical (unpaired) electrons. The second-order valence-electron chi connectivity index (χ2n) is 10.8. The molecule has 0 aliphatic rings. The highest BCUT2D eigenvalue weighted by atomic mass is 19.1. The smallest absolute Gasteiger partial charge is 0.322 e. The Morgan fingerprint density at radius 3 is 2.32 bits per heavy atom. The average Bonchev–Trinajstić information content (AvgIpc) is 3.29. The minimum absolute atomic E-state index is 0.0602. The number of hydrogen-bond acceptors (Lipinski definition) is 9. The second-order valence-corrected chi connectivity index (χ2v) is 10.8. The van der Waals surface area contributed by atoms with Crippen molar-refractivity contribution in [2.24, 2.45) is 5.73 Å². The summed E-state index contributed by atoms with van der Waals surface area (Å²) in [7, 11) is 3.01. The third-order valence-corrected chi connectivity index (χ3v) is 7.36. The summed E-state index contributed by atoms with van der Waals surface area (Å²) in [6.07, 6.45) is 0.850. The summed E-state index contributed by atoms with van der Waals surface area (Å²) in [5.41, 5.74) is 6.34. The van der Waals surface area contributed by atoms with Gasteiger partial charge in [0.15, 0.2) is 23.1 Å². The largest absolute Gasteiger partial charge is 0.493 e. The van der Waals surface area contributed by atoms with Gasteiger partial charge < -0.3 is 30.0 Å².